The number of hydrogen-bond acceptors (Lipinski definition) is 29. The molecule has 0 radical (unpaired) electrons. The smallest absolute Gasteiger partial charge is 0.330 e. The normalized spacial score (nSPS) is 14.0. The lowest BCUT2D eigenvalue weighted by molar-refractivity contribution is -0.147. The number of piperazine rings is 2. The van der Waals surface area contributed by atoms with Crippen LogP contribution >= 0.6 is 0 Å². The van der Waals surface area contributed by atoms with E-state index in [1.54, 1.807) is 91.8 Å². The molecule has 3 unspecified atom stereocenters. The van der Waals surface area contributed by atoms with Gasteiger partial charge in [-0.25, -0.2) is 24.5 Å². The Morgan fingerprint density at radius 1 is 0.482 bits per heavy atom. The maximum atomic E-state index is 13.8. The zero-order chi connectivity index (χ0) is 76.8. The molecule has 16 rings (SSSR count). The molecule has 12 aromatic heterocycles. The number of aromatic nitrogens is 18. The van der Waals surface area contributed by atoms with Crippen LogP contribution in [0, 0.1) is 0 Å². The third kappa shape index (κ3) is 16.8. The summed E-state index contributed by atoms with van der Waals surface area (Å²) in [4.78, 5) is 70.7. The van der Waals surface area contributed by atoms with E-state index in [-0.39, 0.29) is 29.7 Å². The third-order valence-corrected chi connectivity index (χ3v) is 18.2. The van der Waals surface area contributed by atoms with E-state index < -0.39 is 24.1 Å². The summed E-state index contributed by atoms with van der Waals surface area (Å²) >= 11 is 0. The summed E-state index contributed by atoms with van der Waals surface area (Å²) in [6.07, 6.45) is 13.9. The Morgan fingerprint density at radius 3 is 1.24 bits per heavy atom. The summed E-state index contributed by atoms with van der Waals surface area (Å²) in [6, 6.07) is 25.1. The van der Waals surface area contributed by atoms with Gasteiger partial charge in [0, 0.05) is 96.5 Å². The van der Waals surface area contributed by atoms with Crippen LogP contribution in [0.4, 0.5) is 29.2 Å². The van der Waals surface area contributed by atoms with Gasteiger partial charge in [-0.2, -0.15) is 43.8 Å². The molecule has 576 valence electrons. The third-order valence-electron chi connectivity index (χ3n) is 18.2. The molecule has 1 amide bonds. The van der Waals surface area contributed by atoms with Gasteiger partial charge in [0.15, 0.2) is 51.2 Å². The van der Waals surface area contributed by atoms with Crippen molar-refractivity contribution in [3.8, 4) is 46.3 Å². The molecule has 14 aromatic rings. The van der Waals surface area contributed by atoms with Crippen LogP contribution in [0.15, 0.2) is 136 Å². The van der Waals surface area contributed by atoms with Crippen molar-refractivity contribution in [3.05, 3.63) is 122 Å². The number of nitrogens with one attached hydrogen (secondary N) is 1. The first-order valence-corrected chi connectivity index (χ1v) is 36.3. The second-order valence-corrected chi connectivity index (χ2v) is 25.6. The number of carbonyl (C=O) groups is 3. The highest BCUT2D eigenvalue weighted by Gasteiger charge is 2.32. The number of nitrogens with two attached hydrogens (primary N) is 3. The first-order valence-electron chi connectivity index (χ1n) is 36.3. The van der Waals surface area contributed by atoms with Gasteiger partial charge in [0.05, 0.1) is 54.8 Å². The topological polar surface area (TPSA) is 440 Å². The van der Waals surface area contributed by atoms with Gasteiger partial charge in [0.2, 0.25) is 41.2 Å². The van der Waals surface area contributed by atoms with Crippen molar-refractivity contribution >= 4 is 97.1 Å². The Hall–Kier alpha value is -12.8. The number of nitrogen functional groups attached to an aromatic ring is 3. The molecule has 0 saturated carbocycles. The van der Waals surface area contributed by atoms with Gasteiger partial charge >= 0.3 is 11.9 Å². The van der Waals surface area contributed by atoms with Crippen molar-refractivity contribution < 1.29 is 56.4 Å². The highest BCUT2D eigenvalue weighted by molar-refractivity contribution is 5.93. The number of hydrogen-bond donors (Lipinski definition) is 5. The van der Waals surface area contributed by atoms with Crippen LogP contribution in [0.1, 0.15) is 84.3 Å². The van der Waals surface area contributed by atoms with Crippen molar-refractivity contribution in [1.29, 1.82) is 0 Å². The van der Waals surface area contributed by atoms with Crippen molar-refractivity contribution in [1.82, 2.24) is 98.3 Å². The summed E-state index contributed by atoms with van der Waals surface area (Å²) in [7, 11) is 3.33. The molecular weight excluding hydrogens is 1420 g/mol. The zero-order valence-electron chi connectivity index (χ0n) is 61.8. The zero-order valence-corrected chi connectivity index (χ0v) is 61.8. The lowest BCUT2D eigenvalue weighted by Crippen LogP contribution is -2.50. The standard InChI is InChI=1S/C28H33N9O4.C17H19N7O3.C15H15N7O3.C13H20N2O2/c1-3-5-22(27(38)35-13-11-34(12-14-35)19-7-9-20(10-8-19)40-17-16-39-2)36-18-21-24(32-36)31-28(29)37-26(21)30-25(33-37)23-6-4-15-41-23;1-3-6-11(16(25)26-4-2)23-9-10-13(21-23)20-17(18)24-15(10)19-14(22-24)12-7-5-8-27-12;1-2-4-9(14(23)24)21-7-8-11(19-21)18-15(16)22-13(8)17-12(20-22)10-5-3-6-25-10;1-16-10-11-17-13-4-2-12(3-5-13)15-8-6-14-7-9-15/h4,6-10,15,18,22H,3,5,11-14,16-17H2,1-2H3,(H2,29,31,32);5,7-9,11H,3-4,6H2,1-2H3,(H2,18,20,21);3,5-7,9H,2,4H2,1H3,(H,23,24)(H2,16,18,19);2-5,14H,6-11H2,1H3. The van der Waals surface area contributed by atoms with Gasteiger partial charge in [0.25, 0.3) is 0 Å². The molecule has 2 aliphatic heterocycles. The molecule has 0 spiro atoms. The minimum absolute atomic E-state index is 0.0444. The summed E-state index contributed by atoms with van der Waals surface area (Å²) < 4.78 is 51.4. The van der Waals surface area contributed by atoms with E-state index in [9.17, 15) is 19.5 Å². The highest BCUT2D eigenvalue weighted by atomic mass is 16.5. The van der Waals surface area contributed by atoms with E-state index >= 15 is 0 Å². The summed E-state index contributed by atoms with van der Waals surface area (Å²) in [5.74, 6) is 3.61. The van der Waals surface area contributed by atoms with Crippen LogP contribution in [0.2, 0.25) is 0 Å². The SMILES string of the molecule is CCCC(C(=O)N1CCN(c2ccc(OCCOC)cc2)CC1)n1cc2c(nc(N)n3nc(-c4ccco4)nc23)n1.CCCC(C(=O)O)n1cc2c(nc(N)n3nc(-c4ccco4)nc23)n1.CCCC(C(=O)OCC)n1cc2c(nc(N)n3nc(-c4ccco4)nc23)n1.COCCOc1ccc(N2CCNCC2)cc1. The Balaban J connectivity index is 0.000000135. The summed E-state index contributed by atoms with van der Waals surface area (Å²) in [6.45, 7) is 17.4. The van der Waals surface area contributed by atoms with E-state index in [1.807, 2.05) is 49.2 Å². The number of rotatable bonds is 26. The molecule has 2 saturated heterocycles. The number of ether oxygens (including phenoxy) is 5. The van der Waals surface area contributed by atoms with E-state index in [2.05, 4.69) is 107 Å². The lowest BCUT2D eigenvalue weighted by Gasteiger charge is -2.37. The second kappa shape index (κ2) is 34.9. The molecule has 0 aliphatic carbocycles. The van der Waals surface area contributed by atoms with Gasteiger partial charge in [-0.1, -0.05) is 40.0 Å². The number of furan rings is 3. The molecule has 0 bridgehead atoms. The van der Waals surface area contributed by atoms with E-state index in [1.165, 1.54) is 30.2 Å². The average molecular weight is 1510 g/mol. The van der Waals surface area contributed by atoms with Crippen LogP contribution in [0.5, 0.6) is 11.5 Å². The number of aliphatic carboxylic acids is 1. The monoisotopic (exact) mass is 1510 g/mol. The number of benzene rings is 2. The molecular formula is C73H87N25O12. The molecule has 14 heterocycles. The Labute approximate surface area is 628 Å². The first-order chi connectivity index (χ1) is 53.6. The van der Waals surface area contributed by atoms with Gasteiger partial charge in [-0.3, -0.25) is 18.8 Å². The van der Waals surface area contributed by atoms with E-state index in [4.69, 9.17) is 54.1 Å². The quantitative estimate of drug-likeness (QED) is 0.0252. The fourth-order valence-corrected chi connectivity index (χ4v) is 12.7. The van der Waals surface area contributed by atoms with Crippen LogP contribution in [0.3, 0.4) is 0 Å². The number of carbonyl (C=O) groups excluding carboxylic acids is 2. The number of nitrogens with zero attached hydrogens (tertiary/aromatic N) is 21. The van der Waals surface area contributed by atoms with E-state index in [0.29, 0.717) is 157 Å². The minimum Gasteiger partial charge on any atom is -0.491 e. The lowest BCUT2D eigenvalue weighted by atomic mass is 10.1. The Kier molecular flexibility index (Phi) is 23.9. The number of amides is 1. The van der Waals surface area contributed by atoms with Gasteiger partial charge < -0.3 is 79.3 Å². The van der Waals surface area contributed by atoms with Crippen molar-refractivity contribution in [2.45, 2.75) is 84.3 Å². The largest absolute Gasteiger partial charge is 0.491 e. The second-order valence-electron chi connectivity index (χ2n) is 25.6. The fourth-order valence-electron chi connectivity index (χ4n) is 12.7. The average Bonchev–Trinajstić information content (AvgIpc) is 1.62. The van der Waals surface area contributed by atoms with Crippen LogP contribution < -0.4 is 41.8 Å². The first kappa shape index (κ1) is 75.5. The number of esters is 1. The summed E-state index contributed by atoms with van der Waals surface area (Å²) in [5.41, 5.74) is 23.1. The van der Waals surface area contributed by atoms with Gasteiger partial charge in [0.1, 0.15) is 42.8 Å². The molecule has 2 fully saturated rings. The van der Waals surface area contributed by atoms with Gasteiger partial charge in [-0.15, -0.1) is 15.3 Å². The number of carboxylic acid groups (broad SMARTS) is 1. The van der Waals surface area contributed by atoms with Crippen LogP contribution in [-0.4, -0.2) is 216 Å². The molecule has 8 N–H and O–H groups in total. The number of carboxylic acids is 1. The highest BCUT2D eigenvalue weighted by Crippen LogP contribution is 2.31. The number of anilines is 5. The maximum Gasteiger partial charge on any atom is 0.330 e. The van der Waals surface area contributed by atoms with Gasteiger partial charge in [-0.05, 0) is 111 Å². The fraction of sp³-hybridized carbons (Fsp3) is 0.384. The Morgan fingerprint density at radius 2 is 0.864 bits per heavy atom. The molecule has 37 nitrogen and oxygen atoms in total. The molecule has 2 aromatic carbocycles. The van der Waals surface area contributed by atoms with Crippen molar-refractivity contribution in [2.24, 2.45) is 0 Å². The summed E-state index contributed by atoms with van der Waals surface area (Å²) in [5, 5.41) is 41.1. The maximum absolute atomic E-state index is 13.8. The molecule has 3 atom stereocenters. The Bertz CT molecular complexity index is 5350. The number of fused-ring (bicyclic) bond motifs is 9. The van der Waals surface area contributed by atoms with Crippen molar-refractivity contribution in [3.63, 3.8) is 0 Å². The van der Waals surface area contributed by atoms with Crippen LogP contribution in [0.25, 0.3) is 84.8 Å². The number of methoxy groups -OCH3 is 2. The predicted molar refractivity (Wildman–Crippen MR) is 406 cm³/mol. The molecule has 37 heteroatoms. The predicted octanol–water partition coefficient (Wildman–Crippen LogP) is 8.12. The molecule has 2 aliphatic rings. The van der Waals surface area contributed by atoms with E-state index in [0.717, 1.165) is 69.3 Å². The minimum atomic E-state index is -0.948. The molecule has 110 heavy (non-hydrogen) atoms. The van der Waals surface area contributed by atoms with Crippen molar-refractivity contribution in [2.75, 3.05) is 127 Å². The van der Waals surface area contributed by atoms with Crippen LogP contribution in [-0.2, 0) is 28.6 Å².